The molecular formula is C20H30N6O2. The van der Waals surface area contributed by atoms with Gasteiger partial charge < -0.3 is 10.2 Å². The number of hydrogen-bond acceptors (Lipinski definition) is 5. The molecule has 2 aromatic heterocycles. The van der Waals surface area contributed by atoms with Crippen LogP contribution in [0.2, 0.25) is 0 Å². The number of hydrogen-bond donors (Lipinski definition) is 1. The Hall–Kier alpha value is -2.48. The van der Waals surface area contributed by atoms with Gasteiger partial charge in [-0.25, -0.2) is 4.98 Å². The minimum Gasteiger partial charge on any atom is -0.350 e. The van der Waals surface area contributed by atoms with Gasteiger partial charge in [0.2, 0.25) is 5.91 Å². The minimum atomic E-state index is -0.235. The summed E-state index contributed by atoms with van der Waals surface area (Å²) in [5.41, 5.74) is 2.77. The largest absolute Gasteiger partial charge is 0.350 e. The number of carbonyl (C=O) groups excluding carboxylic acids is 2. The minimum absolute atomic E-state index is 0.00499. The SMILES string of the molecule is Cc1cc(C(=O)N2CCN(CC(=O)NC(C)(C)C)CC2)c2c(C)nn(C)c2n1. The Balaban J connectivity index is 1.69. The van der Waals surface area contributed by atoms with Gasteiger partial charge >= 0.3 is 0 Å². The molecule has 2 amide bonds. The van der Waals surface area contributed by atoms with Gasteiger partial charge in [0.15, 0.2) is 5.65 Å². The molecular weight excluding hydrogens is 356 g/mol. The summed E-state index contributed by atoms with van der Waals surface area (Å²) in [6.45, 7) is 12.6. The number of pyridine rings is 1. The fourth-order valence-corrected chi connectivity index (χ4v) is 3.68. The van der Waals surface area contributed by atoms with Crippen LogP contribution in [0.4, 0.5) is 0 Å². The van der Waals surface area contributed by atoms with Crippen LogP contribution >= 0.6 is 0 Å². The first-order valence-electron chi connectivity index (χ1n) is 9.69. The van der Waals surface area contributed by atoms with Crippen molar-refractivity contribution in [1.82, 2.24) is 29.9 Å². The van der Waals surface area contributed by atoms with Crippen LogP contribution in [0.1, 0.15) is 42.5 Å². The smallest absolute Gasteiger partial charge is 0.254 e. The van der Waals surface area contributed by atoms with Gasteiger partial charge in [-0.2, -0.15) is 5.10 Å². The Labute approximate surface area is 165 Å². The van der Waals surface area contributed by atoms with Crippen LogP contribution in [-0.4, -0.2) is 74.6 Å². The topological polar surface area (TPSA) is 83.4 Å². The number of aryl methyl sites for hydroxylation is 3. The van der Waals surface area contributed by atoms with Gasteiger partial charge in [0.05, 0.1) is 23.2 Å². The summed E-state index contributed by atoms with van der Waals surface area (Å²) in [5.74, 6) is 0.0233. The van der Waals surface area contributed by atoms with E-state index >= 15 is 0 Å². The fraction of sp³-hybridized carbons (Fsp3) is 0.600. The van der Waals surface area contributed by atoms with Crippen LogP contribution in [-0.2, 0) is 11.8 Å². The predicted octanol–water partition coefficient (Wildman–Crippen LogP) is 1.26. The third-order valence-electron chi connectivity index (χ3n) is 4.87. The van der Waals surface area contributed by atoms with Gasteiger partial charge in [-0.1, -0.05) is 0 Å². The molecule has 0 unspecified atom stereocenters. The molecule has 1 aliphatic heterocycles. The lowest BCUT2D eigenvalue weighted by atomic mass is 10.1. The zero-order chi connectivity index (χ0) is 20.6. The van der Waals surface area contributed by atoms with Gasteiger partial charge in [-0.05, 0) is 40.7 Å². The number of fused-ring (bicyclic) bond motifs is 1. The van der Waals surface area contributed by atoms with E-state index in [0.717, 1.165) is 22.4 Å². The Morgan fingerprint density at radius 3 is 2.39 bits per heavy atom. The molecule has 1 fully saturated rings. The van der Waals surface area contributed by atoms with Crippen molar-refractivity contribution in [2.75, 3.05) is 32.7 Å². The normalized spacial score (nSPS) is 15.9. The lowest BCUT2D eigenvalue weighted by molar-refractivity contribution is -0.124. The molecule has 152 valence electrons. The van der Waals surface area contributed by atoms with Crippen molar-refractivity contribution < 1.29 is 9.59 Å². The molecule has 0 bridgehead atoms. The van der Waals surface area contributed by atoms with Crippen LogP contribution in [0.5, 0.6) is 0 Å². The molecule has 1 aliphatic rings. The number of rotatable bonds is 3. The molecule has 0 aromatic carbocycles. The summed E-state index contributed by atoms with van der Waals surface area (Å²) < 4.78 is 1.72. The quantitative estimate of drug-likeness (QED) is 0.859. The van der Waals surface area contributed by atoms with Gasteiger partial charge in [0.25, 0.3) is 5.91 Å². The number of amides is 2. The van der Waals surface area contributed by atoms with Gasteiger partial charge in [0.1, 0.15) is 0 Å². The molecule has 1 saturated heterocycles. The molecule has 8 nitrogen and oxygen atoms in total. The van der Waals surface area contributed by atoms with Crippen LogP contribution < -0.4 is 5.32 Å². The van der Waals surface area contributed by atoms with Gasteiger partial charge in [0, 0.05) is 44.5 Å². The number of nitrogens with zero attached hydrogens (tertiary/aromatic N) is 5. The standard InChI is InChI=1S/C20H30N6O2/c1-13-11-15(17-14(2)23-24(6)18(17)21-13)19(28)26-9-7-25(8-10-26)12-16(27)22-20(3,4)5/h11H,7-10,12H2,1-6H3,(H,22,27). The summed E-state index contributed by atoms with van der Waals surface area (Å²) in [6, 6.07) is 1.85. The van der Waals surface area contributed by atoms with E-state index in [4.69, 9.17) is 0 Å². The van der Waals surface area contributed by atoms with Crippen molar-refractivity contribution in [3.8, 4) is 0 Å². The van der Waals surface area contributed by atoms with Crippen LogP contribution in [0, 0.1) is 13.8 Å². The molecule has 3 heterocycles. The maximum absolute atomic E-state index is 13.2. The summed E-state index contributed by atoms with van der Waals surface area (Å²) in [6.07, 6.45) is 0. The highest BCUT2D eigenvalue weighted by atomic mass is 16.2. The summed E-state index contributed by atoms with van der Waals surface area (Å²) in [4.78, 5) is 33.8. The molecule has 0 radical (unpaired) electrons. The molecule has 0 atom stereocenters. The highest BCUT2D eigenvalue weighted by molar-refractivity contribution is 6.06. The Morgan fingerprint density at radius 2 is 1.79 bits per heavy atom. The molecule has 28 heavy (non-hydrogen) atoms. The van der Waals surface area contributed by atoms with Crippen molar-refractivity contribution in [2.24, 2.45) is 7.05 Å². The first kappa shape index (κ1) is 20.3. The molecule has 3 rings (SSSR count). The van der Waals surface area contributed by atoms with E-state index < -0.39 is 0 Å². The van der Waals surface area contributed by atoms with Crippen molar-refractivity contribution in [3.05, 3.63) is 23.0 Å². The second kappa shape index (κ2) is 7.50. The van der Waals surface area contributed by atoms with E-state index in [1.165, 1.54) is 0 Å². The molecule has 0 spiro atoms. The number of piperazine rings is 1. The van der Waals surface area contributed by atoms with E-state index in [9.17, 15) is 9.59 Å². The van der Waals surface area contributed by atoms with Crippen LogP contribution in [0.25, 0.3) is 11.0 Å². The van der Waals surface area contributed by atoms with Gasteiger partial charge in [-0.15, -0.1) is 0 Å². The molecule has 2 aromatic rings. The Bertz CT molecular complexity index is 904. The number of aromatic nitrogens is 3. The second-order valence-electron chi connectivity index (χ2n) is 8.59. The van der Waals surface area contributed by atoms with Crippen molar-refractivity contribution in [1.29, 1.82) is 0 Å². The van der Waals surface area contributed by atoms with E-state index in [-0.39, 0.29) is 17.4 Å². The van der Waals surface area contributed by atoms with E-state index in [2.05, 4.69) is 20.3 Å². The Morgan fingerprint density at radius 1 is 1.14 bits per heavy atom. The van der Waals surface area contributed by atoms with Crippen LogP contribution in [0.3, 0.4) is 0 Å². The zero-order valence-electron chi connectivity index (χ0n) is 17.7. The maximum Gasteiger partial charge on any atom is 0.254 e. The third kappa shape index (κ3) is 4.32. The summed E-state index contributed by atoms with van der Waals surface area (Å²) in [7, 11) is 1.84. The van der Waals surface area contributed by atoms with Crippen molar-refractivity contribution >= 4 is 22.8 Å². The van der Waals surface area contributed by atoms with E-state index in [1.54, 1.807) is 4.68 Å². The highest BCUT2D eigenvalue weighted by Crippen LogP contribution is 2.23. The average molecular weight is 387 g/mol. The first-order valence-corrected chi connectivity index (χ1v) is 9.69. The van der Waals surface area contributed by atoms with Crippen molar-refractivity contribution in [3.63, 3.8) is 0 Å². The summed E-state index contributed by atoms with van der Waals surface area (Å²) >= 11 is 0. The highest BCUT2D eigenvalue weighted by Gasteiger charge is 2.27. The lowest BCUT2D eigenvalue weighted by Crippen LogP contribution is -2.52. The predicted molar refractivity (Wildman–Crippen MR) is 108 cm³/mol. The molecule has 0 saturated carbocycles. The fourth-order valence-electron chi connectivity index (χ4n) is 3.68. The van der Waals surface area contributed by atoms with E-state index in [1.807, 2.05) is 52.6 Å². The molecule has 0 aliphatic carbocycles. The number of carbonyl (C=O) groups is 2. The molecule has 8 heteroatoms. The lowest BCUT2D eigenvalue weighted by Gasteiger charge is -2.35. The monoisotopic (exact) mass is 386 g/mol. The summed E-state index contributed by atoms with van der Waals surface area (Å²) in [5, 5.41) is 8.23. The number of nitrogens with one attached hydrogen (secondary N) is 1. The van der Waals surface area contributed by atoms with Crippen molar-refractivity contribution in [2.45, 2.75) is 40.2 Å². The third-order valence-corrected chi connectivity index (χ3v) is 4.87. The average Bonchev–Trinajstić information content (AvgIpc) is 2.86. The molecule has 1 N–H and O–H groups in total. The van der Waals surface area contributed by atoms with Gasteiger partial charge in [-0.3, -0.25) is 19.2 Å². The van der Waals surface area contributed by atoms with E-state index in [0.29, 0.717) is 38.3 Å². The maximum atomic E-state index is 13.2. The first-order chi connectivity index (χ1) is 13.0. The second-order valence-corrected chi connectivity index (χ2v) is 8.59. The zero-order valence-corrected chi connectivity index (χ0v) is 17.7. The Kier molecular flexibility index (Phi) is 5.43. The van der Waals surface area contributed by atoms with Crippen LogP contribution in [0.15, 0.2) is 6.07 Å².